The first-order chi connectivity index (χ1) is 14.6. The first-order valence-electron chi connectivity index (χ1n) is 9.98. The number of carbonyl (C=O) groups is 1. The number of nitrogens with zero attached hydrogens (tertiary/aromatic N) is 1. The minimum Gasteiger partial charge on any atom is -0.497 e. The topological polar surface area (TPSA) is 69.3 Å². The summed E-state index contributed by atoms with van der Waals surface area (Å²) in [6.07, 6.45) is 0. The Morgan fingerprint density at radius 2 is 1.80 bits per heavy atom. The number of benzene rings is 2. The van der Waals surface area contributed by atoms with Gasteiger partial charge < -0.3 is 29.2 Å². The SMILES string of the molecule is CCOc1cc(N2CCOCC2)c(OCC)cc1NC(=O)c1cc(OC)ccc1Br. The Hall–Kier alpha value is -2.45. The molecule has 7 nitrogen and oxygen atoms in total. The summed E-state index contributed by atoms with van der Waals surface area (Å²) in [5.74, 6) is 1.62. The van der Waals surface area contributed by atoms with Gasteiger partial charge in [-0.25, -0.2) is 0 Å². The molecule has 162 valence electrons. The Morgan fingerprint density at radius 3 is 2.47 bits per heavy atom. The molecule has 30 heavy (non-hydrogen) atoms. The standard InChI is InChI=1S/C22H27BrN2O5/c1-4-29-20-14-19(25-8-10-28-11-9-25)21(30-5-2)13-18(20)24-22(26)16-12-15(27-3)6-7-17(16)23/h6-7,12-14H,4-5,8-11H2,1-3H3,(H,24,26). The summed E-state index contributed by atoms with van der Waals surface area (Å²) >= 11 is 3.44. The summed E-state index contributed by atoms with van der Waals surface area (Å²) in [4.78, 5) is 15.2. The number of hydrogen-bond donors (Lipinski definition) is 1. The molecule has 1 aliphatic heterocycles. The number of rotatable bonds is 8. The molecule has 2 aromatic rings. The number of halogens is 1. The predicted octanol–water partition coefficient (Wildman–Crippen LogP) is 4.34. The van der Waals surface area contributed by atoms with E-state index in [9.17, 15) is 4.79 Å². The van der Waals surface area contributed by atoms with Crippen molar-refractivity contribution in [2.45, 2.75) is 13.8 Å². The summed E-state index contributed by atoms with van der Waals surface area (Å²) in [5.41, 5.74) is 1.95. The number of methoxy groups -OCH3 is 1. The largest absolute Gasteiger partial charge is 0.497 e. The van der Waals surface area contributed by atoms with E-state index in [-0.39, 0.29) is 5.91 Å². The molecule has 3 rings (SSSR count). The minimum atomic E-state index is -0.275. The van der Waals surface area contributed by atoms with E-state index < -0.39 is 0 Å². The smallest absolute Gasteiger partial charge is 0.257 e. The molecule has 0 spiro atoms. The molecule has 2 aromatic carbocycles. The number of amides is 1. The van der Waals surface area contributed by atoms with Crippen LogP contribution in [-0.4, -0.2) is 52.5 Å². The Morgan fingerprint density at radius 1 is 1.10 bits per heavy atom. The number of ether oxygens (including phenoxy) is 4. The van der Waals surface area contributed by atoms with Gasteiger partial charge in [-0.15, -0.1) is 0 Å². The van der Waals surface area contributed by atoms with Crippen LogP contribution in [0.4, 0.5) is 11.4 Å². The molecule has 1 aliphatic rings. The first kappa shape index (κ1) is 22.2. The molecule has 0 saturated carbocycles. The molecule has 0 unspecified atom stereocenters. The third kappa shape index (κ3) is 5.17. The van der Waals surface area contributed by atoms with Gasteiger partial charge >= 0.3 is 0 Å². The fraction of sp³-hybridized carbons (Fsp3) is 0.409. The Kier molecular flexibility index (Phi) is 7.81. The Balaban J connectivity index is 1.96. The zero-order valence-electron chi connectivity index (χ0n) is 17.5. The molecule has 0 radical (unpaired) electrons. The highest BCUT2D eigenvalue weighted by Gasteiger charge is 2.21. The number of hydrogen-bond acceptors (Lipinski definition) is 6. The fourth-order valence-electron chi connectivity index (χ4n) is 3.24. The van der Waals surface area contributed by atoms with Crippen LogP contribution in [0.3, 0.4) is 0 Å². The number of anilines is 2. The van der Waals surface area contributed by atoms with Crippen LogP contribution in [0.15, 0.2) is 34.8 Å². The maximum Gasteiger partial charge on any atom is 0.257 e. The van der Waals surface area contributed by atoms with Crippen LogP contribution in [0.5, 0.6) is 17.2 Å². The highest BCUT2D eigenvalue weighted by atomic mass is 79.9. The second kappa shape index (κ2) is 10.5. The molecule has 0 aliphatic carbocycles. The Labute approximate surface area is 185 Å². The fourth-order valence-corrected chi connectivity index (χ4v) is 3.67. The molecule has 0 bridgehead atoms. The van der Waals surface area contributed by atoms with Crippen LogP contribution in [0, 0.1) is 0 Å². The van der Waals surface area contributed by atoms with Gasteiger partial charge in [-0.1, -0.05) is 0 Å². The van der Waals surface area contributed by atoms with Crippen molar-refractivity contribution in [3.8, 4) is 17.2 Å². The van der Waals surface area contributed by atoms with Gasteiger partial charge in [0.1, 0.15) is 17.2 Å². The average molecular weight is 479 g/mol. The molecule has 8 heteroatoms. The van der Waals surface area contributed by atoms with Crippen molar-refractivity contribution in [1.29, 1.82) is 0 Å². The van der Waals surface area contributed by atoms with Gasteiger partial charge in [-0.2, -0.15) is 0 Å². The van der Waals surface area contributed by atoms with Crippen molar-refractivity contribution in [3.05, 3.63) is 40.4 Å². The molecular formula is C22H27BrN2O5. The van der Waals surface area contributed by atoms with Gasteiger partial charge in [0.05, 0.1) is 50.5 Å². The van der Waals surface area contributed by atoms with Gasteiger partial charge in [0, 0.05) is 29.7 Å². The van der Waals surface area contributed by atoms with E-state index in [1.54, 1.807) is 25.3 Å². The third-order valence-corrected chi connectivity index (χ3v) is 5.37. The van der Waals surface area contributed by atoms with Gasteiger partial charge in [0.25, 0.3) is 5.91 Å². The molecule has 0 atom stereocenters. The highest BCUT2D eigenvalue weighted by molar-refractivity contribution is 9.10. The van der Waals surface area contributed by atoms with Crippen molar-refractivity contribution in [2.75, 3.05) is 56.8 Å². The maximum atomic E-state index is 13.0. The zero-order valence-corrected chi connectivity index (χ0v) is 19.1. The van der Waals surface area contributed by atoms with E-state index in [1.807, 2.05) is 26.0 Å². The van der Waals surface area contributed by atoms with Gasteiger partial charge in [0.15, 0.2) is 0 Å². The van der Waals surface area contributed by atoms with E-state index in [4.69, 9.17) is 18.9 Å². The monoisotopic (exact) mass is 478 g/mol. The normalized spacial score (nSPS) is 13.7. The molecule has 0 aromatic heterocycles. The summed E-state index contributed by atoms with van der Waals surface area (Å²) in [5, 5.41) is 2.96. The first-order valence-corrected chi connectivity index (χ1v) is 10.8. The van der Waals surface area contributed by atoms with Crippen LogP contribution in [0.2, 0.25) is 0 Å². The third-order valence-electron chi connectivity index (χ3n) is 4.68. The van der Waals surface area contributed by atoms with Crippen molar-refractivity contribution in [3.63, 3.8) is 0 Å². The van der Waals surface area contributed by atoms with E-state index in [0.717, 1.165) is 18.8 Å². The van der Waals surface area contributed by atoms with E-state index in [1.165, 1.54) is 0 Å². The molecule has 1 heterocycles. The molecule has 1 saturated heterocycles. The summed E-state index contributed by atoms with van der Waals surface area (Å²) in [6, 6.07) is 9.01. The highest BCUT2D eigenvalue weighted by Crippen LogP contribution is 2.39. The zero-order chi connectivity index (χ0) is 21.5. The second-order valence-corrected chi connectivity index (χ2v) is 7.44. The lowest BCUT2D eigenvalue weighted by Gasteiger charge is -2.31. The summed E-state index contributed by atoms with van der Waals surface area (Å²) < 4.78 is 23.1. The molecule has 1 N–H and O–H groups in total. The van der Waals surface area contributed by atoms with Crippen LogP contribution in [-0.2, 0) is 4.74 Å². The molecule has 1 amide bonds. The summed E-state index contributed by atoms with van der Waals surface area (Å²) in [7, 11) is 1.57. The predicted molar refractivity (Wildman–Crippen MR) is 120 cm³/mol. The van der Waals surface area contributed by atoms with E-state index >= 15 is 0 Å². The van der Waals surface area contributed by atoms with Crippen LogP contribution in [0.25, 0.3) is 0 Å². The summed E-state index contributed by atoms with van der Waals surface area (Å²) in [6.45, 7) is 7.71. The lowest BCUT2D eigenvalue weighted by atomic mass is 10.1. The quantitative estimate of drug-likeness (QED) is 0.608. The maximum absolute atomic E-state index is 13.0. The van der Waals surface area contributed by atoms with Crippen molar-refractivity contribution < 1.29 is 23.7 Å². The number of carbonyl (C=O) groups excluding carboxylic acids is 1. The molecule has 1 fully saturated rings. The van der Waals surface area contributed by atoms with Crippen LogP contribution >= 0.6 is 15.9 Å². The van der Waals surface area contributed by atoms with Crippen molar-refractivity contribution >= 4 is 33.2 Å². The number of morpholine rings is 1. The lowest BCUT2D eigenvalue weighted by molar-refractivity contribution is 0.102. The second-order valence-electron chi connectivity index (χ2n) is 6.58. The van der Waals surface area contributed by atoms with Gasteiger partial charge in [-0.3, -0.25) is 4.79 Å². The van der Waals surface area contributed by atoms with Gasteiger partial charge in [-0.05, 0) is 48.0 Å². The van der Waals surface area contributed by atoms with Crippen molar-refractivity contribution in [1.82, 2.24) is 0 Å². The van der Waals surface area contributed by atoms with Crippen molar-refractivity contribution in [2.24, 2.45) is 0 Å². The number of nitrogens with one attached hydrogen (secondary N) is 1. The van der Waals surface area contributed by atoms with E-state index in [2.05, 4.69) is 26.1 Å². The van der Waals surface area contributed by atoms with Crippen LogP contribution < -0.4 is 24.4 Å². The average Bonchev–Trinajstić information content (AvgIpc) is 2.76. The lowest BCUT2D eigenvalue weighted by Crippen LogP contribution is -2.36. The van der Waals surface area contributed by atoms with Gasteiger partial charge in [0.2, 0.25) is 0 Å². The Bertz CT molecular complexity index is 884. The molecular weight excluding hydrogens is 452 g/mol. The minimum absolute atomic E-state index is 0.275. The van der Waals surface area contributed by atoms with Crippen LogP contribution in [0.1, 0.15) is 24.2 Å². The van der Waals surface area contributed by atoms with E-state index in [0.29, 0.717) is 59.4 Å².